The maximum Gasteiger partial charge on any atom is 0.247 e. The quantitative estimate of drug-likeness (QED) is 0.252. The molecule has 0 radical (unpaired) electrons. The number of amides is 1. The predicted molar refractivity (Wildman–Crippen MR) is 154 cm³/mol. The molecule has 1 amide bonds. The highest BCUT2D eigenvalue weighted by atomic mass is 19.2. The van der Waals surface area contributed by atoms with E-state index in [0.29, 0.717) is 23.0 Å². The average Bonchev–Trinajstić information content (AvgIpc) is 2.88. The Bertz CT molecular complexity index is 1440. The van der Waals surface area contributed by atoms with Crippen LogP contribution < -0.4 is 25.6 Å². The largest absolute Gasteiger partial charge is 0.494 e. The number of rotatable bonds is 11. The molecule has 2 aromatic carbocycles. The number of benzene rings is 2. The molecule has 0 bridgehead atoms. The first-order valence-corrected chi connectivity index (χ1v) is 12.9. The Kier molecular flexibility index (Phi) is 8.69. The Morgan fingerprint density at radius 3 is 2.34 bits per heavy atom. The van der Waals surface area contributed by atoms with E-state index in [9.17, 15) is 18.7 Å². The third-order valence-corrected chi connectivity index (χ3v) is 6.47. The highest BCUT2D eigenvalue weighted by molar-refractivity contribution is 6.02. The molecule has 1 saturated heterocycles. The molecule has 0 aliphatic carbocycles. The van der Waals surface area contributed by atoms with Crippen molar-refractivity contribution in [2.24, 2.45) is 5.92 Å². The molecule has 1 aliphatic rings. The Morgan fingerprint density at radius 1 is 1.12 bits per heavy atom. The van der Waals surface area contributed by atoms with Gasteiger partial charge in [-0.05, 0) is 46.2 Å². The average molecular weight is 569 g/mol. The summed E-state index contributed by atoms with van der Waals surface area (Å²) < 4.78 is 33.6. The highest BCUT2D eigenvalue weighted by Gasteiger charge is 2.30. The highest BCUT2D eigenvalue weighted by Crippen LogP contribution is 2.40. The van der Waals surface area contributed by atoms with Crippen LogP contribution in [0, 0.1) is 17.6 Å². The SMILES string of the molecule is C=CC(=O)Nc1cc(Nc2ncnc(Nc3cc(F)c(F)cc3C(C)(C)O)n2)c(OC)cc1N1CC(CN(C)C)C1. The molecule has 4 N–H and O–H groups in total. The maximum absolute atomic E-state index is 14.0. The van der Waals surface area contributed by atoms with E-state index in [1.165, 1.54) is 33.4 Å². The van der Waals surface area contributed by atoms with Gasteiger partial charge in [0.2, 0.25) is 17.8 Å². The van der Waals surface area contributed by atoms with Crippen LogP contribution >= 0.6 is 0 Å². The fourth-order valence-electron chi connectivity index (χ4n) is 4.59. The van der Waals surface area contributed by atoms with Gasteiger partial charge in [-0.1, -0.05) is 6.58 Å². The molecule has 218 valence electrons. The second kappa shape index (κ2) is 12.0. The standard InChI is InChI=1S/C28H34F2N8O3/c1-7-25(39)33-21-10-22(24(41-6)11-23(21)38-13-16(14-38)12-37(4)5)35-27-32-15-31-26(36-27)34-20-9-19(30)18(29)8-17(20)28(2,3)40/h7-11,15-16,40H,1,12-14H2,2-6H3,(H,33,39)(H2,31,32,34,35,36). The molecule has 0 saturated carbocycles. The van der Waals surface area contributed by atoms with Gasteiger partial charge in [0.1, 0.15) is 12.1 Å². The number of anilines is 6. The zero-order valence-electron chi connectivity index (χ0n) is 23.6. The van der Waals surface area contributed by atoms with Crippen molar-refractivity contribution in [1.82, 2.24) is 19.9 Å². The van der Waals surface area contributed by atoms with E-state index in [-0.39, 0.29) is 29.1 Å². The number of ether oxygens (including phenoxy) is 1. The van der Waals surface area contributed by atoms with E-state index < -0.39 is 17.2 Å². The van der Waals surface area contributed by atoms with E-state index in [2.05, 4.69) is 47.3 Å². The summed E-state index contributed by atoms with van der Waals surface area (Å²) in [4.78, 5) is 29.1. The monoisotopic (exact) mass is 568 g/mol. The van der Waals surface area contributed by atoms with Crippen LogP contribution in [-0.2, 0) is 10.4 Å². The van der Waals surface area contributed by atoms with Crippen LogP contribution in [0.25, 0.3) is 0 Å². The number of nitrogens with zero attached hydrogens (tertiary/aromatic N) is 5. The maximum atomic E-state index is 14.0. The molecule has 11 nitrogen and oxygen atoms in total. The molecular formula is C28H34F2N8O3. The smallest absolute Gasteiger partial charge is 0.247 e. The number of carbonyl (C=O) groups excluding carboxylic acids is 1. The van der Waals surface area contributed by atoms with Gasteiger partial charge < -0.3 is 35.6 Å². The molecule has 2 heterocycles. The summed E-state index contributed by atoms with van der Waals surface area (Å²) in [5.74, 6) is -1.45. The van der Waals surface area contributed by atoms with Gasteiger partial charge >= 0.3 is 0 Å². The summed E-state index contributed by atoms with van der Waals surface area (Å²) >= 11 is 0. The molecule has 1 aliphatic heterocycles. The molecule has 1 fully saturated rings. The molecule has 3 aromatic rings. The predicted octanol–water partition coefficient (Wildman–Crippen LogP) is 4.00. The second-order valence-electron chi connectivity index (χ2n) is 10.5. The van der Waals surface area contributed by atoms with Gasteiger partial charge in [0.15, 0.2) is 11.6 Å². The summed E-state index contributed by atoms with van der Waals surface area (Å²) in [6.07, 6.45) is 2.42. The van der Waals surface area contributed by atoms with Crippen molar-refractivity contribution in [3.05, 3.63) is 60.4 Å². The number of hydrogen-bond donors (Lipinski definition) is 4. The van der Waals surface area contributed by atoms with E-state index in [1.807, 2.05) is 20.2 Å². The molecule has 4 rings (SSSR count). The van der Waals surface area contributed by atoms with Gasteiger partial charge in [0.25, 0.3) is 0 Å². The fourth-order valence-corrected chi connectivity index (χ4v) is 4.59. The molecule has 13 heteroatoms. The van der Waals surface area contributed by atoms with Crippen LogP contribution in [0.3, 0.4) is 0 Å². The van der Waals surface area contributed by atoms with E-state index in [0.717, 1.165) is 37.5 Å². The Labute approximate surface area is 237 Å². The van der Waals surface area contributed by atoms with E-state index in [4.69, 9.17) is 4.74 Å². The molecule has 0 atom stereocenters. The lowest BCUT2D eigenvalue weighted by Gasteiger charge is -2.43. The van der Waals surface area contributed by atoms with Crippen molar-refractivity contribution in [2.45, 2.75) is 19.4 Å². The first-order valence-electron chi connectivity index (χ1n) is 12.9. The third kappa shape index (κ3) is 7.05. The van der Waals surface area contributed by atoms with Crippen LogP contribution in [-0.4, -0.2) is 71.7 Å². The molecule has 41 heavy (non-hydrogen) atoms. The Morgan fingerprint density at radius 2 is 1.76 bits per heavy atom. The number of aromatic nitrogens is 3. The van der Waals surface area contributed by atoms with Gasteiger partial charge in [-0.2, -0.15) is 4.98 Å². The number of halogens is 2. The summed E-state index contributed by atoms with van der Waals surface area (Å²) in [7, 11) is 5.60. The Balaban J connectivity index is 1.63. The van der Waals surface area contributed by atoms with E-state index in [1.54, 1.807) is 6.07 Å². The normalized spacial score (nSPS) is 13.5. The van der Waals surface area contributed by atoms with Gasteiger partial charge in [-0.3, -0.25) is 4.79 Å². The fraction of sp³-hybridized carbons (Fsp3) is 0.357. The minimum atomic E-state index is -1.48. The van der Waals surface area contributed by atoms with Crippen LogP contribution in [0.1, 0.15) is 19.4 Å². The second-order valence-corrected chi connectivity index (χ2v) is 10.5. The van der Waals surface area contributed by atoms with Crippen molar-refractivity contribution < 1.29 is 23.4 Å². The molecule has 1 aromatic heterocycles. The lowest BCUT2D eigenvalue weighted by molar-refractivity contribution is -0.111. The number of aliphatic hydroxyl groups is 1. The zero-order chi connectivity index (χ0) is 29.9. The van der Waals surface area contributed by atoms with Crippen LogP contribution in [0.2, 0.25) is 0 Å². The number of methoxy groups -OCH3 is 1. The molecule has 0 spiro atoms. The summed E-state index contributed by atoms with van der Waals surface area (Å²) in [5, 5.41) is 19.2. The number of hydrogen-bond acceptors (Lipinski definition) is 10. The van der Waals surface area contributed by atoms with Crippen LogP contribution in [0.5, 0.6) is 5.75 Å². The lowest BCUT2D eigenvalue weighted by atomic mass is 9.96. The Hall–Kier alpha value is -4.36. The minimum absolute atomic E-state index is 0.0160. The summed E-state index contributed by atoms with van der Waals surface area (Å²) in [6, 6.07) is 5.39. The summed E-state index contributed by atoms with van der Waals surface area (Å²) in [5.41, 5.74) is 0.536. The van der Waals surface area contributed by atoms with Gasteiger partial charge in [-0.25, -0.2) is 18.7 Å². The first-order chi connectivity index (χ1) is 19.4. The van der Waals surface area contributed by atoms with Crippen molar-refractivity contribution in [3.63, 3.8) is 0 Å². The molecule has 0 unspecified atom stereocenters. The van der Waals surface area contributed by atoms with Crippen LogP contribution in [0.15, 0.2) is 43.2 Å². The summed E-state index contributed by atoms with van der Waals surface area (Å²) in [6.45, 7) is 9.05. The zero-order valence-corrected chi connectivity index (χ0v) is 23.6. The number of carbonyl (C=O) groups is 1. The first kappa shape index (κ1) is 29.6. The van der Waals surface area contributed by atoms with Crippen molar-refractivity contribution in [2.75, 3.05) is 61.7 Å². The van der Waals surface area contributed by atoms with Crippen molar-refractivity contribution in [1.29, 1.82) is 0 Å². The van der Waals surface area contributed by atoms with Crippen molar-refractivity contribution in [3.8, 4) is 5.75 Å². The van der Waals surface area contributed by atoms with Gasteiger partial charge in [0, 0.05) is 43.2 Å². The van der Waals surface area contributed by atoms with Crippen molar-refractivity contribution >= 4 is 40.6 Å². The third-order valence-electron chi connectivity index (χ3n) is 6.47. The topological polar surface area (TPSA) is 128 Å². The van der Waals surface area contributed by atoms with E-state index >= 15 is 0 Å². The number of nitrogens with one attached hydrogen (secondary N) is 3. The minimum Gasteiger partial charge on any atom is -0.494 e. The van der Waals surface area contributed by atoms with Gasteiger partial charge in [0.05, 0.1) is 35.5 Å². The van der Waals surface area contributed by atoms with Crippen LogP contribution in [0.4, 0.5) is 43.4 Å². The van der Waals surface area contributed by atoms with Gasteiger partial charge in [-0.15, -0.1) is 0 Å². The molecular weight excluding hydrogens is 534 g/mol. The lowest BCUT2D eigenvalue weighted by Crippen LogP contribution is -2.50.